The van der Waals surface area contributed by atoms with E-state index in [1.165, 1.54) is 0 Å². The Morgan fingerprint density at radius 3 is 2.94 bits per heavy atom. The number of aliphatic hydroxyl groups excluding tert-OH is 1. The summed E-state index contributed by atoms with van der Waals surface area (Å²) >= 11 is 0. The van der Waals surface area contributed by atoms with Gasteiger partial charge in [-0.2, -0.15) is 0 Å². The number of hydrogen-bond acceptors (Lipinski definition) is 3. The van der Waals surface area contributed by atoms with Crippen LogP contribution in [0.4, 0.5) is 5.69 Å². The number of hydrogen-bond donors (Lipinski definition) is 1. The maximum Gasteiger partial charge on any atom is 0.242 e. The first-order valence-corrected chi connectivity index (χ1v) is 5.47. The zero-order chi connectivity index (χ0) is 11.5. The molecule has 86 valence electrons. The first kappa shape index (κ1) is 11.1. The SMILES string of the molecule is Cc1cccc(N2C(=O)CCN2CCO)c1. The molecule has 0 aromatic heterocycles. The van der Waals surface area contributed by atoms with Gasteiger partial charge in [-0.15, -0.1) is 0 Å². The van der Waals surface area contributed by atoms with Crippen molar-refractivity contribution in [3.8, 4) is 0 Å². The molecule has 4 heteroatoms. The second-order valence-electron chi connectivity index (χ2n) is 3.97. The van der Waals surface area contributed by atoms with E-state index in [1.807, 2.05) is 36.2 Å². The van der Waals surface area contributed by atoms with Gasteiger partial charge in [-0.1, -0.05) is 12.1 Å². The highest BCUT2D eigenvalue weighted by molar-refractivity contribution is 5.94. The molecule has 2 rings (SSSR count). The molecular formula is C12H16N2O2. The summed E-state index contributed by atoms with van der Waals surface area (Å²) in [4.78, 5) is 11.8. The van der Waals surface area contributed by atoms with Gasteiger partial charge in [0.05, 0.1) is 12.3 Å². The van der Waals surface area contributed by atoms with Crippen molar-refractivity contribution in [1.82, 2.24) is 5.01 Å². The quantitative estimate of drug-likeness (QED) is 0.824. The molecule has 0 atom stereocenters. The van der Waals surface area contributed by atoms with E-state index in [0.29, 0.717) is 19.5 Å². The number of hydrazine groups is 1. The summed E-state index contributed by atoms with van der Waals surface area (Å²) in [6.45, 7) is 3.25. The minimum atomic E-state index is 0.0651. The summed E-state index contributed by atoms with van der Waals surface area (Å²) < 4.78 is 0. The van der Waals surface area contributed by atoms with Crippen molar-refractivity contribution in [3.05, 3.63) is 29.8 Å². The van der Waals surface area contributed by atoms with E-state index in [9.17, 15) is 4.79 Å². The standard InChI is InChI=1S/C12H16N2O2/c1-10-3-2-4-11(9-10)14-12(16)5-6-13(14)7-8-15/h2-4,9,15H,5-8H2,1H3. The molecule has 0 spiro atoms. The first-order valence-electron chi connectivity index (χ1n) is 5.47. The fourth-order valence-corrected chi connectivity index (χ4v) is 1.98. The number of anilines is 1. The Morgan fingerprint density at radius 2 is 2.25 bits per heavy atom. The van der Waals surface area contributed by atoms with Crippen molar-refractivity contribution in [2.24, 2.45) is 0 Å². The zero-order valence-electron chi connectivity index (χ0n) is 9.39. The fraction of sp³-hybridized carbons (Fsp3) is 0.417. The van der Waals surface area contributed by atoms with Crippen LogP contribution in [0.1, 0.15) is 12.0 Å². The summed E-state index contributed by atoms with van der Waals surface area (Å²) in [7, 11) is 0. The lowest BCUT2D eigenvalue weighted by molar-refractivity contribution is -0.118. The van der Waals surface area contributed by atoms with Crippen LogP contribution in [-0.2, 0) is 4.79 Å². The molecule has 0 bridgehead atoms. The molecule has 1 aliphatic rings. The van der Waals surface area contributed by atoms with Gasteiger partial charge >= 0.3 is 0 Å². The third kappa shape index (κ3) is 2.08. The second kappa shape index (κ2) is 4.63. The number of aryl methyl sites for hydroxylation is 1. The molecule has 1 aromatic rings. The fourth-order valence-electron chi connectivity index (χ4n) is 1.98. The molecule has 1 aliphatic heterocycles. The van der Waals surface area contributed by atoms with E-state index in [0.717, 1.165) is 11.3 Å². The third-order valence-corrected chi connectivity index (χ3v) is 2.71. The highest BCUT2D eigenvalue weighted by atomic mass is 16.3. The molecule has 1 saturated heterocycles. The van der Waals surface area contributed by atoms with Gasteiger partial charge in [0, 0.05) is 19.5 Å². The van der Waals surface area contributed by atoms with Crippen LogP contribution in [-0.4, -0.2) is 35.7 Å². The van der Waals surface area contributed by atoms with Gasteiger partial charge in [-0.05, 0) is 24.6 Å². The third-order valence-electron chi connectivity index (χ3n) is 2.71. The van der Waals surface area contributed by atoms with Crippen molar-refractivity contribution >= 4 is 11.6 Å². The Hall–Kier alpha value is -1.39. The lowest BCUT2D eigenvalue weighted by Gasteiger charge is -2.27. The number of β-amino-alcohol motifs (C(OH)–C–C–N with tert-alkyl or cyclic N) is 1. The maximum atomic E-state index is 11.8. The predicted molar refractivity (Wildman–Crippen MR) is 61.9 cm³/mol. The van der Waals surface area contributed by atoms with Gasteiger partial charge in [0.25, 0.3) is 0 Å². The van der Waals surface area contributed by atoms with Crippen molar-refractivity contribution in [3.63, 3.8) is 0 Å². The molecule has 1 N–H and O–H groups in total. The van der Waals surface area contributed by atoms with Crippen molar-refractivity contribution in [1.29, 1.82) is 0 Å². The number of carbonyl (C=O) groups excluding carboxylic acids is 1. The number of nitrogens with zero attached hydrogens (tertiary/aromatic N) is 2. The first-order chi connectivity index (χ1) is 7.72. The summed E-state index contributed by atoms with van der Waals surface area (Å²) in [6.07, 6.45) is 0.522. The summed E-state index contributed by atoms with van der Waals surface area (Å²) in [5, 5.41) is 12.5. The van der Waals surface area contributed by atoms with Crippen LogP contribution in [0.5, 0.6) is 0 Å². The molecule has 1 fully saturated rings. The lowest BCUT2D eigenvalue weighted by atomic mass is 10.2. The molecule has 0 radical (unpaired) electrons. The Kier molecular flexibility index (Phi) is 3.22. The average molecular weight is 220 g/mol. The van der Waals surface area contributed by atoms with E-state index in [-0.39, 0.29) is 12.5 Å². The van der Waals surface area contributed by atoms with Crippen LogP contribution >= 0.6 is 0 Å². The van der Waals surface area contributed by atoms with Crippen LogP contribution in [0.25, 0.3) is 0 Å². The summed E-state index contributed by atoms with van der Waals surface area (Å²) in [5.41, 5.74) is 2.01. The van der Waals surface area contributed by atoms with Crippen molar-refractivity contribution in [2.45, 2.75) is 13.3 Å². The highest BCUT2D eigenvalue weighted by Crippen LogP contribution is 2.23. The summed E-state index contributed by atoms with van der Waals surface area (Å²) in [6, 6.07) is 7.84. The minimum Gasteiger partial charge on any atom is -0.395 e. The van der Waals surface area contributed by atoms with Gasteiger partial charge < -0.3 is 5.11 Å². The Balaban J connectivity index is 2.26. The molecular weight excluding hydrogens is 204 g/mol. The molecule has 4 nitrogen and oxygen atoms in total. The van der Waals surface area contributed by atoms with Crippen LogP contribution in [0.15, 0.2) is 24.3 Å². The van der Waals surface area contributed by atoms with E-state index in [2.05, 4.69) is 0 Å². The Labute approximate surface area is 95.1 Å². The molecule has 1 aromatic carbocycles. The average Bonchev–Trinajstić information content (AvgIpc) is 2.60. The van der Waals surface area contributed by atoms with E-state index < -0.39 is 0 Å². The molecule has 0 aliphatic carbocycles. The van der Waals surface area contributed by atoms with Crippen LogP contribution in [0.3, 0.4) is 0 Å². The largest absolute Gasteiger partial charge is 0.395 e. The normalized spacial score (nSPS) is 17.1. The van der Waals surface area contributed by atoms with Crippen LogP contribution < -0.4 is 5.01 Å². The number of amides is 1. The van der Waals surface area contributed by atoms with E-state index in [1.54, 1.807) is 5.01 Å². The van der Waals surface area contributed by atoms with Gasteiger partial charge in [-0.3, -0.25) is 4.79 Å². The van der Waals surface area contributed by atoms with Gasteiger partial charge in [-0.25, -0.2) is 10.0 Å². The number of rotatable bonds is 3. The monoisotopic (exact) mass is 220 g/mol. The number of aliphatic hydroxyl groups is 1. The number of carbonyl (C=O) groups is 1. The van der Waals surface area contributed by atoms with Gasteiger partial charge in [0.1, 0.15) is 0 Å². The Morgan fingerprint density at radius 1 is 1.44 bits per heavy atom. The number of benzene rings is 1. The summed E-state index contributed by atoms with van der Waals surface area (Å²) in [5.74, 6) is 0.0963. The molecule has 1 amide bonds. The maximum absolute atomic E-state index is 11.8. The van der Waals surface area contributed by atoms with Crippen LogP contribution in [0, 0.1) is 6.92 Å². The molecule has 0 unspecified atom stereocenters. The van der Waals surface area contributed by atoms with Crippen molar-refractivity contribution < 1.29 is 9.90 Å². The van der Waals surface area contributed by atoms with E-state index in [4.69, 9.17) is 5.11 Å². The van der Waals surface area contributed by atoms with Gasteiger partial charge in [0.2, 0.25) is 5.91 Å². The predicted octanol–water partition coefficient (Wildman–Crippen LogP) is 0.941. The highest BCUT2D eigenvalue weighted by Gasteiger charge is 2.29. The second-order valence-corrected chi connectivity index (χ2v) is 3.97. The van der Waals surface area contributed by atoms with Crippen molar-refractivity contribution in [2.75, 3.05) is 24.7 Å². The van der Waals surface area contributed by atoms with Crippen LogP contribution in [0.2, 0.25) is 0 Å². The lowest BCUT2D eigenvalue weighted by Crippen LogP contribution is -2.40. The smallest absolute Gasteiger partial charge is 0.242 e. The minimum absolute atomic E-state index is 0.0651. The molecule has 1 heterocycles. The molecule has 16 heavy (non-hydrogen) atoms. The Bertz CT molecular complexity index is 392. The topological polar surface area (TPSA) is 43.8 Å². The van der Waals surface area contributed by atoms with Gasteiger partial charge in [0.15, 0.2) is 0 Å². The van der Waals surface area contributed by atoms with E-state index >= 15 is 0 Å². The molecule has 0 saturated carbocycles. The zero-order valence-corrected chi connectivity index (χ0v) is 9.39.